The van der Waals surface area contributed by atoms with E-state index in [1.165, 1.54) is 19.2 Å². The van der Waals surface area contributed by atoms with Gasteiger partial charge in [0.2, 0.25) is 15.9 Å². The third-order valence-electron chi connectivity index (χ3n) is 3.18. The van der Waals surface area contributed by atoms with Gasteiger partial charge in [-0.1, -0.05) is 17.7 Å². The van der Waals surface area contributed by atoms with Gasteiger partial charge in [0.15, 0.2) is 0 Å². The molecule has 1 aromatic rings. The fraction of sp³-hybridized carbons (Fsp3) is 0.500. The molecular weight excluding hydrogens is 340 g/mol. The summed E-state index contributed by atoms with van der Waals surface area (Å²) in [6.45, 7) is 2.08. The molecule has 0 unspecified atom stereocenters. The smallest absolute Gasteiger partial charge is 0.242 e. The van der Waals surface area contributed by atoms with Crippen LogP contribution in [0.4, 0.5) is 0 Å². The lowest BCUT2D eigenvalue weighted by atomic mass is 10.2. The molecule has 0 atom stereocenters. The van der Waals surface area contributed by atoms with Gasteiger partial charge in [-0.25, -0.2) is 16.8 Å². The van der Waals surface area contributed by atoms with E-state index in [-0.39, 0.29) is 30.2 Å². The van der Waals surface area contributed by atoms with E-state index >= 15 is 0 Å². The molecule has 0 radical (unpaired) electrons. The molecule has 1 N–H and O–H groups in total. The van der Waals surface area contributed by atoms with Crippen molar-refractivity contribution in [2.75, 3.05) is 32.1 Å². The maximum absolute atomic E-state index is 12.3. The zero-order valence-electron chi connectivity index (χ0n) is 13.4. The van der Waals surface area contributed by atoms with Gasteiger partial charge in [0.1, 0.15) is 9.84 Å². The molecule has 0 aliphatic rings. The predicted molar refractivity (Wildman–Crippen MR) is 88.3 cm³/mol. The third kappa shape index (κ3) is 6.67. The summed E-state index contributed by atoms with van der Waals surface area (Å²) in [5.41, 5.74) is 0.963. The molecule has 0 bridgehead atoms. The molecule has 0 heterocycles. The number of hydrogen-bond acceptors (Lipinski definition) is 5. The van der Waals surface area contributed by atoms with Crippen molar-refractivity contribution >= 4 is 25.8 Å². The first-order valence-electron chi connectivity index (χ1n) is 7.00. The Hall–Kier alpha value is -1.45. The van der Waals surface area contributed by atoms with Crippen molar-refractivity contribution in [3.63, 3.8) is 0 Å². The lowest BCUT2D eigenvalue weighted by Crippen LogP contribution is -2.36. The van der Waals surface area contributed by atoms with Crippen LogP contribution in [0.15, 0.2) is 29.2 Å². The number of aryl methyl sites for hydroxylation is 1. The number of benzene rings is 1. The van der Waals surface area contributed by atoms with Crippen molar-refractivity contribution in [1.82, 2.24) is 9.62 Å². The van der Waals surface area contributed by atoms with Crippen LogP contribution >= 0.6 is 0 Å². The van der Waals surface area contributed by atoms with Gasteiger partial charge < -0.3 is 5.32 Å². The second-order valence-corrected chi connectivity index (χ2v) is 9.67. The molecule has 7 nitrogen and oxygen atoms in total. The normalized spacial score (nSPS) is 12.3. The van der Waals surface area contributed by atoms with E-state index in [2.05, 4.69) is 5.32 Å². The largest absolute Gasteiger partial charge is 0.355 e. The number of sulfone groups is 1. The molecule has 0 saturated carbocycles. The zero-order chi connectivity index (χ0) is 17.7. The Morgan fingerprint density at radius 3 is 2.22 bits per heavy atom. The van der Waals surface area contributed by atoms with Gasteiger partial charge in [0, 0.05) is 32.8 Å². The van der Waals surface area contributed by atoms with E-state index in [1.54, 1.807) is 12.1 Å². The zero-order valence-corrected chi connectivity index (χ0v) is 15.1. The van der Waals surface area contributed by atoms with Gasteiger partial charge >= 0.3 is 0 Å². The second-order valence-electron chi connectivity index (χ2n) is 5.37. The van der Waals surface area contributed by atoms with Crippen LogP contribution in [-0.4, -0.2) is 59.2 Å². The number of hydrogen-bond donors (Lipinski definition) is 1. The Bertz CT molecular complexity index is 740. The fourth-order valence-corrected chi connectivity index (χ4v) is 3.46. The van der Waals surface area contributed by atoms with Crippen molar-refractivity contribution in [2.45, 2.75) is 18.2 Å². The number of carbonyl (C=O) groups is 1. The summed E-state index contributed by atoms with van der Waals surface area (Å²) in [5, 5.41) is 2.51. The van der Waals surface area contributed by atoms with Gasteiger partial charge in [0.05, 0.1) is 10.6 Å². The van der Waals surface area contributed by atoms with Crippen molar-refractivity contribution < 1.29 is 21.6 Å². The van der Waals surface area contributed by atoms with Crippen LogP contribution in [0.2, 0.25) is 0 Å². The molecule has 0 aliphatic heterocycles. The minimum absolute atomic E-state index is 0.0980. The first-order chi connectivity index (χ1) is 10.5. The van der Waals surface area contributed by atoms with E-state index in [0.29, 0.717) is 0 Å². The molecule has 0 saturated heterocycles. The van der Waals surface area contributed by atoms with Crippen LogP contribution in [-0.2, 0) is 24.7 Å². The standard InChI is InChI=1S/C14H22N2O5S2/c1-12-4-6-13(7-5-12)23(20,21)16(2)10-9-15-14(17)8-11-22(3,18)19/h4-7H,8-11H2,1-3H3,(H,15,17). The molecule has 1 amide bonds. The molecule has 0 aromatic heterocycles. The van der Waals surface area contributed by atoms with Crippen LogP contribution in [0.25, 0.3) is 0 Å². The minimum atomic E-state index is -3.60. The summed E-state index contributed by atoms with van der Waals surface area (Å²) in [7, 11) is -5.37. The van der Waals surface area contributed by atoms with Crippen LogP contribution < -0.4 is 5.32 Å². The number of sulfonamides is 1. The number of amides is 1. The summed E-state index contributed by atoms with van der Waals surface area (Å²) < 4.78 is 47.7. The Morgan fingerprint density at radius 1 is 1.13 bits per heavy atom. The van der Waals surface area contributed by atoms with Crippen molar-refractivity contribution in [3.05, 3.63) is 29.8 Å². The highest BCUT2D eigenvalue weighted by molar-refractivity contribution is 7.90. The lowest BCUT2D eigenvalue weighted by molar-refractivity contribution is -0.120. The number of nitrogens with one attached hydrogen (secondary N) is 1. The summed E-state index contributed by atoms with van der Waals surface area (Å²) in [6, 6.07) is 6.50. The molecule has 0 fully saturated rings. The molecule has 1 aromatic carbocycles. The molecule has 130 valence electrons. The Morgan fingerprint density at radius 2 is 1.70 bits per heavy atom. The van der Waals surface area contributed by atoms with E-state index in [4.69, 9.17) is 0 Å². The summed E-state index contributed by atoms with van der Waals surface area (Å²) >= 11 is 0. The number of carbonyl (C=O) groups excluding carboxylic acids is 1. The number of rotatable bonds is 8. The maximum Gasteiger partial charge on any atom is 0.242 e. The highest BCUT2D eigenvalue weighted by Gasteiger charge is 2.20. The minimum Gasteiger partial charge on any atom is -0.355 e. The van der Waals surface area contributed by atoms with Crippen molar-refractivity contribution in [2.24, 2.45) is 0 Å². The Labute approximate surface area is 137 Å². The molecule has 1 rings (SSSR count). The Balaban J connectivity index is 2.51. The van der Waals surface area contributed by atoms with E-state index in [0.717, 1.165) is 16.1 Å². The second kappa shape index (κ2) is 7.89. The van der Waals surface area contributed by atoms with E-state index in [9.17, 15) is 21.6 Å². The van der Waals surface area contributed by atoms with E-state index in [1.807, 2.05) is 6.92 Å². The average Bonchev–Trinajstić information content (AvgIpc) is 2.44. The summed E-state index contributed by atoms with van der Waals surface area (Å²) in [5.74, 6) is -0.646. The third-order valence-corrected chi connectivity index (χ3v) is 5.99. The number of likely N-dealkylation sites (N-methyl/N-ethyl adjacent to an activating group) is 1. The molecule has 0 aliphatic carbocycles. The van der Waals surface area contributed by atoms with Crippen molar-refractivity contribution in [1.29, 1.82) is 0 Å². The van der Waals surface area contributed by atoms with Crippen molar-refractivity contribution in [3.8, 4) is 0 Å². The summed E-state index contributed by atoms with van der Waals surface area (Å²) in [6.07, 6.45) is 0.926. The van der Waals surface area contributed by atoms with Crippen LogP contribution in [0.3, 0.4) is 0 Å². The monoisotopic (exact) mass is 362 g/mol. The molecule has 23 heavy (non-hydrogen) atoms. The van der Waals surface area contributed by atoms with Crippen LogP contribution in [0.1, 0.15) is 12.0 Å². The average molecular weight is 362 g/mol. The predicted octanol–water partition coefficient (Wildman–Crippen LogP) is 0.166. The SMILES string of the molecule is Cc1ccc(S(=O)(=O)N(C)CCNC(=O)CCS(C)(=O)=O)cc1. The van der Waals surface area contributed by atoms with Gasteiger partial charge in [-0.05, 0) is 19.1 Å². The summed E-state index contributed by atoms with van der Waals surface area (Å²) in [4.78, 5) is 11.7. The fourth-order valence-electron chi connectivity index (χ4n) is 1.73. The van der Waals surface area contributed by atoms with Crippen LogP contribution in [0, 0.1) is 6.92 Å². The Kier molecular flexibility index (Phi) is 6.72. The molecule has 9 heteroatoms. The lowest BCUT2D eigenvalue weighted by Gasteiger charge is -2.17. The van der Waals surface area contributed by atoms with E-state index < -0.39 is 25.8 Å². The molecule has 0 spiro atoms. The first-order valence-corrected chi connectivity index (χ1v) is 10.5. The van der Waals surface area contributed by atoms with Crippen LogP contribution in [0.5, 0.6) is 0 Å². The highest BCUT2D eigenvalue weighted by atomic mass is 32.2. The van der Waals surface area contributed by atoms with Gasteiger partial charge in [-0.3, -0.25) is 4.79 Å². The van der Waals surface area contributed by atoms with Gasteiger partial charge in [0.25, 0.3) is 0 Å². The first kappa shape index (κ1) is 19.6. The topological polar surface area (TPSA) is 101 Å². The maximum atomic E-state index is 12.3. The highest BCUT2D eigenvalue weighted by Crippen LogP contribution is 2.14. The van der Waals surface area contributed by atoms with Gasteiger partial charge in [-0.15, -0.1) is 0 Å². The van der Waals surface area contributed by atoms with Gasteiger partial charge in [-0.2, -0.15) is 4.31 Å². The quantitative estimate of drug-likeness (QED) is 0.710. The molecular formula is C14H22N2O5S2. The number of nitrogens with zero attached hydrogens (tertiary/aromatic N) is 1.